The van der Waals surface area contributed by atoms with Crippen LogP contribution in [0.5, 0.6) is 0 Å². The Bertz CT molecular complexity index is 865. The third-order valence-corrected chi connectivity index (χ3v) is 5.99. The molecular formula is C15H12N2O2S2. The molecule has 106 valence electrons. The van der Waals surface area contributed by atoms with Crippen LogP contribution in [0.25, 0.3) is 19.5 Å². The number of nitrogens with one attached hydrogen (secondary N) is 1. The van der Waals surface area contributed by atoms with Gasteiger partial charge in [0, 0.05) is 27.9 Å². The van der Waals surface area contributed by atoms with Crippen molar-refractivity contribution in [3.05, 3.63) is 35.2 Å². The maximum atomic E-state index is 12.5. The van der Waals surface area contributed by atoms with Crippen LogP contribution in [0, 0.1) is 0 Å². The summed E-state index contributed by atoms with van der Waals surface area (Å²) < 4.78 is 3.56. The van der Waals surface area contributed by atoms with Crippen LogP contribution in [-0.4, -0.2) is 36.3 Å². The third kappa shape index (κ3) is 2.11. The molecule has 2 amide bonds. The van der Waals surface area contributed by atoms with Gasteiger partial charge in [-0.3, -0.25) is 9.59 Å². The van der Waals surface area contributed by atoms with Crippen LogP contribution in [0.2, 0.25) is 0 Å². The summed E-state index contributed by atoms with van der Waals surface area (Å²) in [4.78, 5) is 26.3. The fraction of sp³-hybridized carbons (Fsp3) is 0.200. The van der Waals surface area contributed by atoms with Crippen molar-refractivity contribution in [1.29, 1.82) is 0 Å². The molecule has 1 saturated heterocycles. The summed E-state index contributed by atoms with van der Waals surface area (Å²) in [5.41, 5.74) is 0. The normalized spacial score (nSPS) is 15.6. The molecular weight excluding hydrogens is 304 g/mol. The van der Waals surface area contributed by atoms with Gasteiger partial charge in [-0.05, 0) is 12.1 Å². The number of hydrogen-bond acceptors (Lipinski definition) is 4. The minimum Gasteiger partial charge on any atom is -0.353 e. The van der Waals surface area contributed by atoms with E-state index < -0.39 is 0 Å². The van der Waals surface area contributed by atoms with Crippen molar-refractivity contribution in [2.24, 2.45) is 0 Å². The van der Waals surface area contributed by atoms with Crippen LogP contribution in [-0.2, 0) is 4.79 Å². The van der Waals surface area contributed by atoms with Crippen molar-refractivity contribution in [3.8, 4) is 0 Å². The zero-order valence-corrected chi connectivity index (χ0v) is 12.7. The number of rotatable bonds is 1. The van der Waals surface area contributed by atoms with Crippen LogP contribution >= 0.6 is 22.7 Å². The molecule has 1 N–H and O–H groups in total. The van der Waals surface area contributed by atoms with Gasteiger partial charge >= 0.3 is 0 Å². The molecule has 21 heavy (non-hydrogen) atoms. The molecule has 0 aliphatic carbocycles. The smallest absolute Gasteiger partial charge is 0.264 e. The van der Waals surface area contributed by atoms with E-state index in [1.54, 1.807) is 16.2 Å². The monoisotopic (exact) mass is 316 g/mol. The summed E-state index contributed by atoms with van der Waals surface area (Å²) in [5, 5.41) is 3.94. The Labute approximate surface area is 129 Å². The summed E-state index contributed by atoms with van der Waals surface area (Å²) in [6.07, 6.45) is 0. The number of hydrogen-bond donors (Lipinski definition) is 1. The third-order valence-electron chi connectivity index (χ3n) is 3.59. The van der Waals surface area contributed by atoms with Gasteiger partial charge in [0.05, 0.1) is 16.1 Å². The van der Waals surface area contributed by atoms with Crippen molar-refractivity contribution in [1.82, 2.24) is 10.2 Å². The van der Waals surface area contributed by atoms with Gasteiger partial charge in [0.2, 0.25) is 5.91 Å². The Morgan fingerprint density at radius 2 is 2.05 bits per heavy atom. The second-order valence-corrected chi connectivity index (χ2v) is 7.11. The first kappa shape index (κ1) is 12.8. The lowest BCUT2D eigenvalue weighted by Gasteiger charge is -2.26. The lowest BCUT2D eigenvalue weighted by atomic mass is 10.2. The van der Waals surface area contributed by atoms with Crippen molar-refractivity contribution in [2.75, 3.05) is 19.6 Å². The molecule has 2 aromatic heterocycles. The van der Waals surface area contributed by atoms with Gasteiger partial charge < -0.3 is 10.2 Å². The number of piperazine rings is 1. The molecule has 3 aromatic rings. The van der Waals surface area contributed by atoms with Gasteiger partial charge in [0.1, 0.15) is 0 Å². The van der Waals surface area contributed by atoms with Gasteiger partial charge in [0.15, 0.2) is 0 Å². The predicted octanol–water partition coefficient (Wildman–Crippen LogP) is 2.69. The molecule has 0 saturated carbocycles. The van der Waals surface area contributed by atoms with Crippen molar-refractivity contribution < 1.29 is 9.59 Å². The molecule has 3 heterocycles. The Hall–Kier alpha value is -1.92. The van der Waals surface area contributed by atoms with E-state index in [1.807, 2.05) is 18.2 Å². The fourth-order valence-corrected chi connectivity index (χ4v) is 5.07. The Morgan fingerprint density at radius 3 is 2.90 bits per heavy atom. The molecule has 1 aliphatic rings. The van der Waals surface area contributed by atoms with Crippen LogP contribution in [0.3, 0.4) is 0 Å². The Morgan fingerprint density at radius 1 is 1.19 bits per heavy atom. The fourth-order valence-electron chi connectivity index (χ4n) is 2.57. The summed E-state index contributed by atoms with van der Waals surface area (Å²) in [7, 11) is 0. The summed E-state index contributed by atoms with van der Waals surface area (Å²) in [6.45, 7) is 1.27. The first-order chi connectivity index (χ1) is 10.2. The number of thiophene rings is 2. The second kappa shape index (κ2) is 4.82. The van der Waals surface area contributed by atoms with E-state index >= 15 is 0 Å². The van der Waals surface area contributed by atoms with E-state index in [1.165, 1.54) is 26.1 Å². The average molecular weight is 316 g/mol. The van der Waals surface area contributed by atoms with E-state index in [4.69, 9.17) is 0 Å². The summed E-state index contributed by atoms with van der Waals surface area (Å²) in [6, 6.07) is 10.2. The number of fused-ring (bicyclic) bond motifs is 3. The van der Waals surface area contributed by atoms with E-state index in [-0.39, 0.29) is 18.4 Å². The quantitative estimate of drug-likeness (QED) is 0.750. The number of benzene rings is 1. The minimum atomic E-state index is -0.0848. The van der Waals surface area contributed by atoms with Crippen molar-refractivity contribution in [2.45, 2.75) is 0 Å². The SMILES string of the molecule is O=C1CN(C(=O)c2cc3sc4ccccc4c3s2)CCN1. The van der Waals surface area contributed by atoms with Crippen LogP contribution in [0.15, 0.2) is 30.3 Å². The highest BCUT2D eigenvalue weighted by atomic mass is 32.1. The van der Waals surface area contributed by atoms with Crippen LogP contribution in [0.4, 0.5) is 0 Å². The molecule has 0 radical (unpaired) electrons. The molecule has 4 nitrogen and oxygen atoms in total. The lowest BCUT2D eigenvalue weighted by molar-refractivity contribution is -0.123. The first-order valence-electron chi connectivity index (χ1n) is 6.69. The molecule has 1 fully saturated rings. The highest BCUT2D eigenvalue weighted by Gasteiger charge is 2.24. The van der Waals surface area contributed by atoms with Gasteiger partial charge in [-0.1, -0.05) is 18.2 Å². The lowest BCUT2D eigenvalue weighted by Crippen LogP contribution is -2.49. The van der Waals surface area contributed by atoms with E-state index in [0.717, 1.165) is 9.58 Å². The zero-order valence-electron chi connectivity index (χ0n) is 11.1. The zero-order chi connectivity index (χ0) is 14.4. The largest absolute Gasteiger partial charge is 0.353 e. The molecule has 1 aliphatic heterocycles. The summed E-state index contributed by atoms with van der Waals surface area (Å²) in [5.74, 6) is -0.124. The van der Waals surface area contributed by atoms with Crippen molar-refractivity contribution >= 4 is 54.0 Å². The maximum Gasteiger partial charge on any atom is 0.264 e. The van der Waals surface area contributed by atoms with Gasteiger partial charge in [-0.15, -0.1) is 22.7 Å². The number of nitrogens with zero attached hydrogens (tertiary/aromatic N) is 1. The van der Waals surface area contributed by atoms with Gasteiger partial charge in [0.25, 0.3) is 5.91 Å². The highest BCUT2D eigenvalue weighted by molar-refractivity contribution is 7.33. The standard InChI is InChI=1S/C15H12N2O2S2/c18-13-8-17(6-5-16-13)15(19)12-7-11-14(21-12)9-3-1-2-4-10(9)20-11/h1-4,7H,5-6,8H2,(H,16,18). The topological polar surface area (TPSA) is 49.4 Å². The summed E-state index contributed by atoms with van der Waals surface area (Å²) >= 11 is 3.23. The Kier molecular flexibility index (Phi) is 2.94. The molecule has 6 heteroatoms. The average Bonchev–Trinajstić information content (AvgIpc) is 3.04. The predicted molar refractivity (Wildman–Crippen MR) is 86.1 cm³/mol. The maximum absolute atomic E-state index is 12.5. The van der Waals surface area contributed by atoms with Crippen molar-refractivity contribution in [3.63, 3.8) is 0 Å². The molecule has 0 unspecified atom stereocenters. The van der Waals surface area contributed by atoms with E-state index in [0.29, 0.717) is 13.1 Å². The first-order valence-corrected chi connectivity index (χ1v) is 8.33. The molecule has 0 spiro atoms. The number of carbonyl (C=O) groups is 2. The van der Waals surface area contributed by atoms with E-state index in [2.05, 4.69) is 17.4 Å². The van der Waals surface area contributed by atoms with Crippen LogP contribution < -0.4 is 5.32 Å². The highest BCUT2D eigenvalue weighted by Crippen LogP contribution is 2.39. The molecule has 0 atom stereocenters. The number of amides is 2. The Balaban J connectivity index is 1.73. The number of carbonyl (C=O) groups excluding carboxylic acids is 2. The minimum absolute atomic E-state index is 0.0395. The second-order valence-electron chi connectivity index (χ2n) is 4.98. The molecule has 0 bridgehead atoms. The van der Waals surface area contributed by atoms with Crippen LogP contribution in [0.1, 0.15) is 9.67 Å². The molecule has 4 rings (SSSR count). The van der Waals surface area contributed by atoms with Gasteiger partial charge in [-0.2, -0.15) is 0 Å². The molecule has 1 aromatic carbocycles. The van der Waals surface area contributed by atoms with Gasteiger partial charge in [-0.25, -0.2) is 0 Å². The van der Waals surface area contributed by atoms with E-state index in [9.17, 15) is 9.59 Å².